The van der Waals surface area contributed by atoms with Crippen LogP contribution in [0, 0.1) is 6.92 Å². The molecule has 0 unspecified atom stereocenters. The third kappa shape index (κ3) is 4.01. The molecule has 4 aromatic rings. The molecule has 0 spiro atoms. The topological polar surface area (TPSA) is 64.2 Å². The summed E-state index contributed by atoms with van der Waals surface area (Å²) in [5.74, 6) is 1.97. The van der Waals surface area contributed by atoms with Crippen LogP contribution in [0.1, 0.15) is 16.9 Å². The Balaban J connectivity index is 1.39. The lowest BCUT2D eigenvalue weighted by Gasteiger charge is -2.17. The summed E-state index contributed by atoms with van der Waals surface area (Å²) in [5.41, 5.74) is 4.39. The second kappa shape index (κ2) is 8.43. The van der Waals surface area contributed by atoms with Crippen molar-refractivity contribution in [2.75, 3.05) is 17.2 Å². The molecule has 1 aliphatic heterocycles. The number of thioether (sulfide) groups is 1. The van der Waals surface area contributed by atoms with Gasteiger partial charge in [0.1, 0.15) is 5.76 Å². The van der Waals surface area contributed by atoms with E-state index in [1.807, 2.05) is 51.9 Å². The predicted octanol–water partition coefficient (Wildman–Crippen LogP) is 4.58. The summed E-state index contributed by atoms with van der Waals surface area (Å²) >= 11 is 1.41. The molecule has 7 heteroatoms. The SMILES string of the molecule is Cc1cccc(-c2nnc(SCC(=O)N3CCc4ccccc43)n2Cc2ccco2)c1. The van der Waals surface area contributed by atoms with E-state index in [-0.39, 0.29) is 5.91 Å². The van der Waals surface area contributed by atoms with E-state index in [2.05, 4.69) is 35.3 Å². The van der Waals surface area contributed by atoms with Gasteiger partial charge in [0.2, 0.25) is 5.91 Å². The van der Waals surface area contributed by atoms with Crippen LogP contribution in [-0.4, -0.2) is 33.0 Å². The number of nitrogens with zero attached hydrogens (tertiary/aromatic N) is 4. The standard InChI is InChI=1S/C24H22N4O2S/c1-17-6-4-8-19(14-17)23-25-26-24(28(23)15-20-9-5-13-30-20)31-16-22(29)27-12-11-18-7-2-3-10-21(18)27/h2-10,13-14H,11-12,15-16H2,1H3. The van der Waals surface area contributed by atoms with Crippen molar-refractivity contribution in [3.63, 3.8) is 0 Å². The fraction of sp³-hybridized carbons (Fsp3) is 0.208. The summed E-state index contributed by atoms with van der Waals surface area (Å²) in [6.45, 7) is 3.29. The Labute approximate surface area is 184 Å². The Morgan fingerprint density at radius 1 is 1.10 bits per heavy atom. The highest BCUT2D eigenvalue weighted by atomic mass is 32.2. The summed E-state index contributed by atoms with van der Waals surface area (Å²) < 4.78 is 7.58. The van der Waals surface area contributed by atoms with Crippen molar-refractivity contribution in [2.24, 2.45) is 0 Å². The van der Waals surface area contributed by atoms with Gasteiger partial charge in [-0.3, -0.25) is 9.36 Å². The van der Waals surface area contributed by atoms with E-state index in [4.69, 9.17) is 4.42 Å². The number of hydrogen-bond acceptors (Lipinski definition) is 5. The van der Waals surface area contributed by atoms with Gasteiger partial charge in [0.25, 0.3) is 0 Å². The van der Waals surface area contributed by atoms with Gasteiger partial charge in [0.15, 0.2) is 11.0 Å². The molecule has 156 valence electrons. The van der Waals surface area contributed by atoms with Gasteiger partial charge in [-0.05, 0) is 43.2 Å². The number of para-hydroxylation sites is 1. The van der Waals surface area contributed by atoms with Crippen LogP contribution in [0.2, 0.25) is 0 Å². The number of fused-ring (bicyclic) bond motifs is 1. The van der Waals surface area contributed by atoms with Crippen molar-refractivity contribution in [3.05, 3.63) is 83.8 Å². The average molecular weight is 431 g/mol. The minimum Gasteiger partial charge on any atom is -0.467 e. The van der Waals surface area contributed by atoms with Gasteiger partial charge in [0, 0.05) is 17.8 Å². The van der Waals surface area contributed by atoms with E-state index in [1.165, 1.54) is 17.3 Å². The van der Waals surface area contributed by atoms with E-state index in [9.17, 15) is 4.79 Å². The summed E-state index contributed by atoms with van der Waals surface area (Å²) in [7, 11) is 0. The molecule has 0 saturated carbocycles. The molecule has 0 aliphatic carbocycles. The molecular formula is C24H22N4O2S. The molecule has 2 aromatic carbocycles. The number of rotatable bonds is 6. The molecule has 0 saturated heterocycles. The molecule has 0 fully saturated rings. The summed E-state index contributed by atoms with van der Waals surface area (Å²) in [6, 6.07) is 20.1. The molecule has 0 N–H and O–H groups in total. The van der Waals surface area contributed by atoms with Crippen molar-refractivity contribution in [3.8, 4) is 11.4 Å². The fourth-order valence-electron chi connectivity index (χ4n) is 3.90. The maximum Gasteiger partial charge on any atom is 0.237 e. The maximum absolute atomic E-state index is 13.0. The second-order valence-corrected chi connectivity index (χ2v) is 8.50. The fourth-order valence-corrected chi connectivity index (χ4v) is 4.71. The Morgan fingerprint density at radius 2 is 2.00 bits per heavy atom. The molecule has 1 aliphatic rings. The minimum atomic E-state index is 0.0830. The quantitative estimate of drug-likeness (QED) is 0.419. The molecule has 0 bridgehead atoms. The summed E-state index contributed by atoms with van der Waals surface area (Å²) in [5, 5.41) is 9.56. The molecule has 0 atom stereocenters. The highest BCUT2D eigenvalue weighted by molar-refractivity contribution is 7.99. The molecule has 3 heterocycles. The zero-order valence-electron chi connectivity index (χ0n) is 17.2. The number of benzene rings is 2. The average Bonchev–Trinajstić information content (AvgIpc) is 3.52. The first-order valence-electron chi connectivity index (χ1n) is 10.2. The zero-order chi connectivity index (χ0) is 21.2. The Bertz CT molecular complexity index is 1220. The number of aromatic nitrogens is 3. The van der Waals surface area contributed by atoms with Crippen LogP contribution in [0.5, 0.6) is 0 Å². The zero-order valence-corrected chi connectivity index (χ0v) is 18.0. The maximum atomic E-state index is 13.0. The Hall–Kier alpha value is -3.32. The first-order chi connectivity index (χ1) is 15.2. The summed E-state index contributed by atoms with van der Waals surface area (Å²) in [4.78, 5) is 14.8. The van der Waals surface area contributed by atoms with Crippen molar-refractivity contribution in [1.29, 1.82) is 0 Å². The van der Waals surface area contributed by atoms with Crippen LogP contribution < -0.4 is 4.90 Å². The van der Waals surface area contributed by atoms with E-state index in [1.54, 1.807) is 6.26 Å². The molecule has 6 nitrogen and oxygen atoms in total. The number of carbonyl (C=O) groups excluding carboxylic acids is 1. The molecule has 31 heavy (non-hydrogen) atoms. The lowest BCUT2D eigenvalue weighted by molar-refractivity contribution is -0.116. The summed E-state index contributed by atoms with van der Waals surface area (Å²) in [6.07, 6.45) is 2.56. The monoisotopic (exact) mass is 430 g/mol. The largest absolute Gasteiger partial charge is 0.467 e. The van der Waals surface area contributed by atoms with Gasteiger partial charge in [-0.1, -0.05) is 53.7 Å². The molecular weight excluding hydrogens is 408 g/mol. The van der Waals surface area contributed by atoms with Crippen LogP contribution in [0.15, 0.2) is 76.5 Å². The molecule has 2 aromatic heterocycles. The lowest BCUT2D eigenvalue weighted by atomic mass is 10.1. The van der Waals surface area contributed by atoms with Crippen LogP contribution in [-0.2, 0) is 17.8 Å². The number of aryl methyl sites for hydroxylation is 1. The van der Waals surface area contributed by atoms with Gasteiger partial charge in [-0.25, -0.2) is 0 Å². The molecule has 1 amide bonds. The van der Waals surface area contributed by atoms with Crippen LogP contribution >= 0.6 is 11.8 Å². The first-order valence-corrected chi connectivity index (χ1v) is 11.2. The Morgan fingerprint density at radius 3 is 2.84 bits per heavy atom. The third-order valence-corrected chi connectivity index (χ3v) is 6.35. The highest BCUT2D eigenvalue weighted by Gasteiger charge is 2.25. The molecule has 0 radical (unpaired) electrons. The van der Waals surface area contributed by atoms with Gasteiger partial charge in [0.05, 0.1) is 18.6 Å². The van der Waals surface area contributed by atoms with Crippen molar-refractivity contribution in [1.82, 2.24) is 14.8 Å². The van der Waals surface area contributed by atoms with Gasteiger partial charge >= 0.3 is 0 Å². The van der Waals surface area contributed by atoms with Crippen LogP contribution in [0.3, 0.4) is 0 Å². The van der Waals surface area contributed by atoms with E-state index in [0.717, 1.165) is 41.4 Å². The predicted molar refractivity (Wildman–Crippen MR) is 121 cm³/mol. The van der Waals surface area contributed by atoms with Crippen molar-refractivity contribution >= 4 is 23.4 Å². The van der Waals surface area contributed by atoms with Gasteiger partial charge < -0.3 is 9.32 Å². The number of amides is 1. The smallest absolute Gasteiger partial charge is 0.237 e. The van der Waals surface area contributed by atoms with E-state index < -0.39 is 0 Å². The number of furan rings is 1. The third-order valence-electron chi connectivity index (χ3n) is 5.40. The van der Waals surface area contributed by atoms with Crippen LogP contribution in [0.25, 0.3) is 11.4 Å². The number of anilines is 1. The highest BCUT2D eigenvalue weighted by Crippen LogP contribution is 2.30. The van der Waals surface area contributed by atoms with Gasteiger partial charge in [-0.15, -0.1) is 10.2 Å². The first kappa shape index (κ1) is 19.6. The van der Waals surface area contributed by atoms with Crippen molar-refractivity contribution < 1.29 is 9.21 Å². The second-order valence-electron chi connectivity index (χ2n) is 7.55. The van der Waals surface area contributed by atoms with Crippen LogP contribution in [0.4, 0.5) is 5.69 Å². The lowest BCUT2D eigenvalue weighted by Crippen LogP contribution is -2.30. The van der Waals surface area contributed by atoms with Crippen molar-refractivity contribution in [2.45, 2.75) is 25.0 Å². The van der Waals surface area contributed by atoms with E-state index in [0.29, 0.717) is 17.5 Å². The van der Waals surface area contributed by atoms with Gasteiger partial charge in [-0.2, -0.15) is 0 Å². The minimum absolute atomic E-state index is 0.0830. The number of carbonyl (C=O) groups is 1. The van der Waals surface area contributed by atoms with E-state index >= 15 is 0 Å². The number of hydrogen-bond donors (Lipinski definition) is 0. The molecule has 5 rings (SSSR count). The Kier molecular flexibility index (Phi) is 5.34. The normalized spacial score (nSPS) is 12.9.